The van der Waals surface area contributed by atoms with Crippen LogP contribution in [0.2, 0.25) is 0 Å². The van der Waals surface area contributed by atoms with Crippen LogP contribution in [-0.4, -0.2) is 93.0 Å². The second-order valence-corrected chi connectivity index (χ2v) is 8.12. The van der Waals surface area contributed by atoms with E-state index in [-0.39, 0.29) is 24.9 Å². The quantitative estimate of drug-likeness (QED) is 0.642. The number of nitrogens with zero attached hydrogens (tertiary/aromatic N) is 2. The molecule has 2 fully saturated rings. The van der Waals surface area contributed by atoms with E-state index in [0.717, 1.165) is 23.4 Å². The monoisotopic (exact) mass is 364 g/mol. The highest BCUT2D eigenvalue weighted by atomic mass is 32.2. The number of carbonyl (C=O) groups is 2. The SMILES string of the molecule is CS(=O)(=O)N(CC(=O)O)C[C@H]1CN(C(=O)[C@@H]2CCCOC2)CCO1. The summed E-state index contributed by atoms with van der Waals surface area (Å²) in [4.78, 5) is 25.0. The Hall–Kier alpha value is -1.23. The molecule has 0 aromatic rings. The first-order chi connectivity index (χ1) is 11.3. The summed E-state index contributed by atoms with van der Waals surface area (Å²) in [5, 5.41) is 8.86. The van der Waals surface area contributed by atoms with Crippen LogP contribution in [0.4, 0.5) is 0 Å². The van der Waals surface area contributed by atoms with E-state index >= 15 is 0 Å². The zero-order valence-electron chi connectivity index (χ0n) is 13.7. The summed E-state index contributed by atoms with van der Waals surface area (Å²) >= 11 is 0. The van der Waals surface area contributed by atoms with Crippen molar-refractivity contribution in [3.05, 3.63) is 0 Å². The largest absolute Gasteiger partial charge is 0.480 e. The molecule has 2 rings (SSSR count). The van der Waals surface area contributed by atoms with Crippen molar-refractivity contribution in [3.63, 3.8) is 0 Å². The lowest BCUT2D eigenvalue weighted by atomic mass is 10.0. The molecule has 0 unspecified atom stereocenters. The number of hydrogen-bond donors (Lipinski definition) is 1. The first kappa shape index (κ1) is 19.1. The molecule has 9 nitrogen and oxygen atoms in total. The predicted molar refractivity (Wildman–Crippen MR) is 83.9 cm³/mol. The van der Waals surface area contributed by atoms with E-state index in [0.29, 0.717) is 26.4 Å². The van der Waals surface area contributed by atoms with Crippen molar-refractivity contribution in [3.8, 4) is 0 Å². The number of sulfonamides is 1. The van der Waals surface area contributed by atoms with Gasteiger partial charge in [-0.1, -0.05) is 0 Å². The lowest BCUT2D eigenvalue weighted by Gasteiger charge is -2.37. The van der Waals surface area contributed by atoms with Gasteiger partial charge in [0.15, 0.2) is 0 Å². The molecule has 2 heterocycles. The number of aliphatic carboxylic acids is 1. The maximum atomic E-state index is 12.5. The molecule has 2 aliphatic heterocycles. The maximum absolute atomic E-state index is 12.5. The summed E-state index contributed by atoms with van der Waals surface area (Å²) in [5.74, 6) is -1.40. The normalized spacial score (nSPS) is 25.7. The lowest BCUT2D eigenvalue weighted by molar-refractivity contribution is -0.148. The van der Waals surface area contributed by atoms with Gasteiger partial charge < -0.3 is 19.5 Å². The van der Waals surface area contributed by atoms with Gasteiger partial charge in [-0.05, 0) is 12.8 Å². The Morgan fingerprint density at radius 1 is 1.33 bits per heavy atom. The smallest absolute Gasteiger partial charge is 0.318 e. The summed E-state index contributed by atoms with van der Waals surface area (Å²) in [5.41, 5.74) is 0. The molecule has 10 heteroatoms. The van der Waals surface area contributed by atoms with Crippen molar-refractivity contribution in [1.82, 2.24) is 9.21 Å². The van der Waals surface area contributed by atoms with E-state index in [1.165, 1.54) is 0 Å². The van der Waals surface area contributed by atoms with Crippen LogP contribution in [0.1, 0.15) is 12.8 Å². The van der Waals surface area contributed by atoms with Gasteiger partial charge in [-0.25, -0.2) is 8.42 Å². The van der Waals surface area contributed by atoms with Crippen LogP contribution in [0.3, 0.4) is 0 Å². The Balaban J connectivity index is 1.96. The van der Waals surface area contributed by atoms with E-state index in [2.05, 4.69) is 0 Å². The Kier molecular flexibility index (Phi) is 6.55. The summed E-state index contributed by atoms with van der Waals surface area (Å²) in [6.45, 7) is 1.38. The van der Waals surface area contributed by atoms with E-state index in [1.54, 1.807) is 4.90 Å². The Bertz CT molecular complexity index is 559. The average molecular weight is 364 g/mol. The Labute approximate surface area is 141 Å². The molecule has 0 aliphatic carbocycles. The van der Waals surface area contributed by atoms with Crippen LogP contribution in [0.25, 0.3) is 0 Å². The fourth-order valence-electron chi connectivity index (χ4n) is 2.92. The summed E-state index contributed by atoms with van der Waals surface area (Å²) < 4.78 is 35.2. The maximum Gasteiger partial charge on any atom is 0.318 e. The van der Waals surface area contributed by atoms with E-state index in [1.807, 2.05) is 0 Å². The van der Waals surface area contributed by atoms with Crippen LogP contribution in [0, 0.1) is 5.92 Å². The van der Waals surface area contributed by atoms with Gasteiger partial charge in [0.05, 0.1) is 31.5 Å². The zero-order chi connectivity index (χ0) is 17.7. The van der Waals surface area contributed by atoms with Crippen molar-refractivity contribution in [2.45, 2.75) is 18.9 Å². The second kappa shape index (κ2) is 8.24. The second-order valence-electron chi connectivity index (χ2n) is 6.14. The van der Waals surface area contributed by atoms with Crippen molar-refractivity contribution in [1.29, 1.82) is 0 Å². The van der Waals surface area contributed by atoms with Crippen LogP contribution in [-0.2, 0) is 29.1 Å². The molecule has 0 saturated carbocycles. The number of carboxylic acid groups (broad SMARTS) is 1. The highest BCUT2D eigenvalue weighted by molar-refractivity contribution is 7.88. The number of carboxylic acids is 1. The number of amides is 1. The third-order valence-electron chi connectivity index (χ3n) is 4.15. The molecule has 2 aliphatic rings. The van der Waals surface area contributed by atoms with Crippen LogP contribution < -0.4 is 0 Å². The Morgan fingerprint density at radius 3 is 2.67 bits per heavy atom. The molecule has 2 saturated heterocycles. The molecule has 24 heavy (non-hydrogen) atoms. The average Bonchev–Trinajstić information content (AvgIpc) is 2.53. The molecule has 2 atom stereocenters. The highest BCUT2D eigenvalue weighted by Crippen LogP contribution is 2.19. The zero-order valence-corrected chi connectivity index (χ0v) is 14.5. The van der Waals surface area contributed by atoms with Crippen LogP contribution >= 0.6 is 0 Å². The van der Waals surface area contributed by atoms with E-state index in [4.69, 9.17) is 14.6 Å². The summed E-state index contributed by atoms with van der Waals surface area (Å²) in [6, 6.07) is 0. The van der Waals surface area contributed by atoms with Crippen molar-refractivity contribution >= 4 is 21.9 Å². The highest BCUT2D eigenvalue weighted by Gasteiger charge is 2.33. The van der Waals surface area contributed by atoms with E-state index in [9.17, 15) is 18.0 Å². The minimum absolute atomic E-state index is 0.00728. The van der Waals surface area contributed by atoms with E-state index < -0.39 is 28.6 Å². The van der Waals surface area contributed by atoms with Crippen molar-refractivity contribution < 1.29 is 32.6 Å². The van der Waals surface area contributed by atoms with Gasteiger partial charge >= 0.3 is 5.97 Å². The first-order valence-electron chi connectivity index (χ1n) is 7.92. The fourth-order valence-corrected chi connectivity index (χ4v) is 3.70. The van der Waals surface area contributed by atoms with Crippen molar-refractivity contribution in [2.75, 3.05) is 52.3 Å². The van der Waals surface area contributed by atoms with Crippen LogP contribution in [0.15, 0.2) is 0 Å². The molecular weight excluding hydrogens is 340 g/mol. The standard InChI is InChI=1S/C14H24N2O7S/c1-24(20,21)16(9-13(17)18)8-12-7-15(4-6-23-12)14(19)11-3-2-5-22-10-11/h11-12H,2-10H2,1H3,(H,17,18)/t11-,12-/m1/s1. The molecule has 0 aromatic heterocycles. The molecule has 138 valence electrons. The number of rotatable bonds is 6. The van der Waals surface area contributed by atoms with Gasteiger partial charge in [0.25, 0.3) is 0 Å². The third-order valence-corrected chi connectivity index (χ3v) is 5.36. The molecule has 0 bridgehead atoms. The molecule has 1 amide bonds. The van der Waals surface area contributed by atoms with Gasteiger partial charge in [0.1, 0.15) is 6.54 Å². The minimum Gasteiger partial charge on any atom is -0.480 e. The van der Waals surface area contributed by atoms with Gasteiger partial charge in [0, 0.05) is 26.2 Å². The van der Waals surface area contributed by atoms with Crippen LogP contribution in [0.5, 0.6) is 0 Å². The molecule has 0 spiro atoms. The Morgan fingerprint density at radius 2 is 2.08 bits per heavy atom. The number of hydrogen-bond acceptors (Lipinski definition) is 6. The number of carbonyl (C=O) groups excluding carboxylic acids is 1. The molecular formula is C14H24N2O7S. The summed E-state index contributed by atoms with van der Waals surface area (Å²) in [7, 11) is -3.67. The lowest BCUT2D eigenvalue weighted by Crippen LogP contribution is -2.53. The fraction of sp³-hybridized carbons (Fsp3) is 0.857. The molecule has 0 aromatic carbocycles. The minimum atomic E-state index is -3.67. The van der Waals surface area contributed by atoms with Crippen molar-refractivity contribution in [2.24, 2.45) is 5.92 Å². The molecule has 0 radical (unpaired) electrons. The topological polar surface area (TPSA) is 113 Å². The molecule has 1 N–H and O–H groups in total. The third kappa shape index (κ3) is 5.40. The number of ether oxygens (including phenoxy) is 2. The summed E-state index contributed by atoms with van der Waals surface area (Å²) in [6.07, 6.45) is 2.06. The van der Waals surface area contributed by atoms with Gasteiger partial charge in [-0.2, -0.15) is 4.31 Å². The predicted octanol–water partition coefficient (Wildman–Crippen LogP) is -1.01. The van der Waals surface area contributed by atoms with Gasteiger partial charge in [-0.15, -0.1) is 0 Å². The van der Waals surface area contributed by atoms with Gasteiger partial charge in [-0.3, -0.25) is 9.59 Å². The van der Waals surface area contributed by atoms with Gasteiger partial charge in [0.2, 0.25) is 15.9 Å². The first-order valence-corrected chi connectivity index (χ1v) is 9.77. The number of morpholine rings is 1.